The molecule has 0 aromatic heterocycles. The quantitative estimate of drug-likeness (QED) is 0.0222. The van der Waals surface area contributed by atoms with Crippen molar-refractivity contribution >= 4 is 39.5 Å². The minimum absolute atomic E-state index is 0.105. The molecule has 0 spiro atoms. The zero-order valence-corrected chi connectivity index (χ0v) is 59.0. The summed E-state index contributed by atoms with van der Waals surface area (Å²) in [5, 5.41) is 10.6. The molecular formula is C69H134O17P2. The van der Waals surface area contributed by atoms with Crippen molar-refractivity contribution in [2.24, 2.45) is 17.8 Å². The van der Waals surface area contributed by atoms with E-state index in [4.69, 9.17) is 37.0 Å². The average molecular weight is 1300 g/mol. The van der Waals surface area contributed by atoms with Gasteiger partial charge in [0.1, 0.15) is 19.3 Å². The summed E-state index contributed by atoms with van der Waals surface area (Å²) in [6, 6.07) is 0. The van der Waals surface area contributed by atoms with Crippen LogP contribution in [0.2, 0.25) is 0 Å². The van der Waals surface area contributed by atoms with Crippen LogP contribution in [0.1, 0.15) is 344 Å². The molecule has 0 aromatic carbocycles. The molecule has 3 N–H and O–H groups in total. The zero-order chi connectivity index (χ0) is 65.2. The first kappa shape index (κ1) is 86.1. The number of hydrogen-bond acceptors (Lipinski definition) is 15. The summed E-state index contributed by atoms with van der Waals surface area (Å²) in [5.74, 6) is 0.221. The fourth-order valence-corrected chi connectivity index (χ4v) is 11.8. The third-order valence-corrected chi connectivity index (χ3v) is 18.9. The number of hydrogen-bond donors (Lipinski definition) is 3. The molecule has 17 nitrogen and oxygen atoms in total. The van der Waals surface area contributed by atoms with Gasteiger partial charge in [-0.2, -0.15) is 0 Å². The molecule has 0 saturated heterocycles. The Kier molecular flexibility index (Phi) is 58.7. The Hall–Kier alpha value is -1.94. The number of phosphoric ester groups is 2. The minimum Gasteiger partial charge on any atom is -0.462 e. The molecular weight excluding hydrogens is 1160 g/mol. The Balaban J connectivity index is 5.27. The molecule has 0 aliphatic carbocycles. The van der Waals surface area contributed by atoms with Gasteiger partial charge >= 0.3 is 39.5 Å². The van der Waals surface area contributed by atoms with Crippen molar-refractivity contribution in [2.45, 2.75) is 362 Å². The lowest BCUT2D eigenvalue weighted by molar-refractivity contribution is -0.161. The molecule has 0 rings (SSSR count). The SMILES string of the molecule is CCCCCCCCCCCCC(=O)OC[C@H](COP(=O)(O)OC[C@H](O)COP(=O)(O)OC[C@@H](COC(=O)CCCCCCCCCCC(C)CC)OC(=O)CCCCCCCCCCCCC(C)CC)OC(=O)CCCCCCCCCCC(C)CC. The molecule has 0 heterocycles. The van der Waals surface area contributed by atoms with Gasteiger partial charge in [-0.3, -0.25) is 37.3 Å². The highest BCUT2D eigenvalue weighted by Gasteiger charge is 2.30. The number of carbonyl (C=O) groups excluding carboxylic acids is 4. The van der Waals surface area contributed by atoms with Crippen LogP contribution in [-0.4, -0.2) is 96.7 Å². The summed E-state index contributed by atoms with van der Waals surface area (Å²) in [4.78, 5) is 72.5. The number of carbonyl (C=O) groups is 4. The van der Waals surface area contributed by atoms with Crippen LogP contribution >= 0.6 is 15.6 Å². The van der Waals surface area contributed by atoms with Crippen molar-refractivity contribution in [3.63, 3.8) is 0 Å². The highest BCUT2D eigenvalue weighted by Crippen LogP contribution is 2.45. The molecule has 8 atom stereocenters. The monoisotopic (exact) mass is 1300 g/mol. The highest BCUT2D eigenvalue weighted by molar-refractivity contribution is 7.47. The zero-order valence-electron chi connectivity index (χ0n) is 57.2. The second-order valence-corrected chi connectivity index (χ2v) is 28.6. The number of rotatable bonds is 67. The molecule has 0 aliphatic rings. The Labute approximate surface area is 537 Å². The van der Waals surface area contributed by atoms with Gasteiger partial charge in [0.05, 0.1) is 26.4 Å². The van der Waals surface area contributed by atoms with Crippen molar-refractivity contribution in [1.29, 1.82) is 0 Å². The van der Waals surface area contributed by atoms with E-state index in [1.165, 1.54) is 154 Å². The molecule has 0 aliphatic heterocycles. The van der Waals surface area contributed by atoms with Crippen LogP contribution in [0.25, 0.3) is 0 Å². The van der Waals surface area contributed by atoms with Gasteiger partial charge in [0.25, 0.3) is 0 Å². The maximum Gasteiger partial charge on any atom is 0.472 e. The molecule has 522 valence electrons. The first-order chi connectivity index (χ1) is 42.3. The van der Waals surface area contributed by atoms with Crippen LogP contribution in [-0.2, 0) is 65.4 Å². The Bertz CT molecular complexity index is 1740. The minimum atomic E-state index is -4.95. The molecule has 0 saturated carbocycles. The van der Waals surface area contributed by atoms with Gasteiger partial charge in [0, 0.05) is 25.7 Å². The van der Waals surface area contributed by atoms with Gasteiger partial charge < -0.3 is 33.8 Å². The third-order valence-electron chi connectivity index (χ3n) is 17.0. The number of unbranched alkanes of at least 4 members (excludes halogenated alkanes) is 32. The van der Waals surface area contributed by atoms with Crippen molar-refractivity contribution in [3.05, 3.63) is 0 Å². The fourth-order valence-electron chi connectivity index (χ4n) is 10.3. The van der Waals surface area contributed by atoms with E-state index in [1.807, 2.05) is 0 Å². The van der Waals surface area contributed by atoms with Crippen molar-refractivity contribution in [2.75, 3.05) is 39.6 Å². The Morgan fingerprint density at radius 2 is 0.545 bits per heavy atom. The third kappa shape index (κ3) is 59.1. The van der Waals surface area contributed by atoms with E-state index < -0.39 is 97.5 Å². The normalized spacial score (nSPS) is 15.2. The molecule has 19 heteroatoms. The Morgan fingerprint density at radius 3 is 0.807 bits per heavy atom. The van der Waals surface area contributed by atoms with Gasteiger partial charge in [-0.15, -0.1) is 0 Å². The van der Waals surface area contributed by atoms with Gasteiger partial charge in [0.15, 0.2) is 12.2 Å². The molecule has 0 bridgehead atoms. The van der Waals surface area contributed by atoms with Crippen molar-refractivity contribution < 1.29 is 80.2 Å². The maximum atomic E-state index is 13.0. The number of ether oxygens (including phenoxy) is 4. The van der Waals surface area contributed by atoms with Crippen molar-refractivity contribution in [1.82, 2.24) is 0 Å². The summed E-state index contributed by atoms with van der Waals surface area (Å²) < 4.78 is 68.2. The van der Waals surface area contributed by atoms with E-state index in [0.29, 0.717) is 25.7 Å². The molecule has 88 heavy (non-hydrogen) atoms. The lowest BCUT2D eigenvalue weighted by Gasteiger charge is -2.21. The van der Waals surface area contributed by atoms with E-state index >= 15 is 0 Å². The predicted molar refractivity (Wildman–Crippen MR) is 354 cm³/mol. The maximum absolute atomic E-state index is 13.0. The van der Waals surface area contributed by atoms with Crippen LogP contribution in [0.15, 0.2) is 0 Å². The molecule has 0 fully saturated rings. The summed E-state index contributed by atoms with van der Waals surface area (Å²) in [6.07, 6.45) is 42.8. The van der Waals surface area contributed by atoms with Gasteiger partial charge in [-0.25, -0.2) is 9.13 Å². The predicted octanol–water partition coefficient (Wildman–Crippen LogP) is 19.5. The molecule has 5 unspecified atom stereocenters. The van der Waals surface area contributed by atoms with Crippen LogP contribution in [0, 0.1) is 17.8 Å². The topological polar surface area (TPSA) is 237 Å². The van der Waals surface area contributed by atoms with Crippen molar-refractivity contribution in [3.8, 4) is 0 Å². The van der Waals surface area contributed by atoms with Crippen LogP contribution < -0.4 is 0 Å². The van der Waals surface area contributed by atoms with Gasteiger partial charge in [-0.1, -0.05) is 292 Å². The smallest absolute Gasteiger partial charge is 0.462 e. The lowest BCUT2D eigenvalue weighted by atomic mass is 9.99. The van der Waals surface area contributed by atoms with E-state index in [0.717, 1.165) is 108 Å². The van der Waals surface area contributed by atoms with E-state index in [9.17, 15) is 43.2 Å². The number of esters is 4. The molecule has 0 radical (unpaired) electrons. The summed E-state index contributed by atoms with van der Waals surface area (Å²) in [5.41, 5.74) is 0. The summed E-state index contributed by atoms with van der Waals surface area (Å²) in [6.45, 7) is 11.9. The van der Waals surface area contributed by atoms with E-state index in [-0.39, 0.29) is 25.7 Å². The first-order valence-electron chi connectivity index (χ1n) is 36.0. The standard InChI is InChI=1S/C69H134O17P2/c1-8-12-13-14-15-16-20-29-36-43-50-66(71)79-56-65(86-69(74)53-46-39-32-25-23-28-35-42-49-62(7)11-4)59-84-88(77,78)82-55-63(70)54-81-87(75,76)83-58-64(57-80-67(72)51-44-37-30-24-22-27-34-41-48-61(6)10-3)85-68(73)52-45-38-31-21-18-17-19-26-33-40-47-60(5)9-2/h60-65,70H,8-59H2,1-7H3,(H,75,76)(H,77,78)/t60?,61?,62?,63-,64-,65-/m1/s1. The van der Waals surface area contributed by atoms with Crippen LogP contribution in [0.4, 0.5) is 0 Å². The number of aliphatic hydroxyl groups excluding tert-OH is 1. The highest BCUT2D eigenvalue weighted by atomic mass is 31.2. The second kappa shape index (κ2) is 60.0. The Morgan fingerprint density at radius 1 is 0.318 bits per heavy atom. The molecule has 0 aromatic rings. The fraction of sp³-hybridized carbons (Fsp3) is 0.942. The first-order valence-corrected chi connectivity index (χ1v) is 39.0. The van der Waals surface area contributed by atoms with Gasteiger partial charge in [-0.05, 0) is 43.4 Å². The van der Waals surface area contributed by atoms with E-state index in [1.54, 1.807) is 0 Å². The van der Waals surface area contributed by atoms with Crippen LogP contribution in [0.3, 0.4) is 0 Å². The lowest BCUT2D eigenvalue weighted by Crippen LogP contribution is -2.30. The number of phosphoric acid groups is 2. The molecule has 0 amide bonds. The summed E-state index contributed by atoms with van der Waals surface area (Å²) >= 11 is 0. The largest absolute Gasteiger partial charge is 0.472 e. The van der Waals surface area contributed by atoms with E-state index in [2.05, 4.69) is 48.5 Å². The second-order valence-electron chi connectivity index (χ2n) is 25.6. The van der Waals surface area contributed by atoms with Crippen LogP contribution in [0.5, 0.6) is 0 Å². The van der Waals surface area contributed by atoms with Gasteiger partial charge in [0.2, 0.25) is 0 Å². The summed E-state index contributed by atoms with van der Waals surface area (Å²) in [7, 11) is -9.90. The average Bonchev–Trinajstić information content (AvgIpc) is 3.70. The number of aliphatic hydroxyl groups is 1.